The molecule has 1 atom stereocenters. The summed E-state index contributed by atoms with van der Waals surface area (Å²) in [5.74, 6) is -1.73. The smallest absolute Gasteiger partial charge is 0.345 e. The van der Waals surface area contributed by atoms with E-state index >= 15 is 0 Å². The molecule has 0 bridgehead atoms. The number of nitrogens with zero attached hydrogens (tertiary/aromatic N) is 1. The highest BCUT2D eigenvalue weighted by atomic mass is 19.4. The predicted octanol–water partition coefficient (Wildman–Crippen LogP) is 1.61. The Bertz CT molecular complexity index is 554. The number of hydrogen-bond acceptors (Lipinski definition) is 3. The maximum Gasteiger partial charge on any atom is 0.415 e. The fraction of sp³-hybridized carbons (Fsp3) is 0.385. The number of hydrogen-bond donors (Lipinski definition) is 2. The lowest BCUT2D eigenvalue weighted by molar-refractivity contribution is -0.184. The van der Waals surface area contributed by atoms with Crippen molar-refractivity contribution < 1.29 is 22.8 Å². The SMILES string of the molecule is CN(C)C(=O)c1cccc(NC(=O)C(C)(N)C(F)(F)F)c1. The maximum absolute atomic E-state index is 12.7. The molecule has 1 unspecified atom stereocenters. The van der Waals surface area contributed by atoms with Crippen LogP contribution in [0.25, 0.3) is 0 Å². The van der Waals surface area contributed by atoms with Gasteiger partial charge in [-0.05, 0) is 25.1 Å². The van der Waals surface area contributed by atoms with E-state index < -0.39 is 17.6 Å². The monoisotopic (exact) mass is 303 g/mol. The molecule has 1 rings (SSSR count). The molecule has 3 N–H and O–H groups in total. The molecule has 0 aliphatic heterocycles. The van der Waals surface area contributed by atoms with Crippen molar-refractivity contribution in [1.82, 2.24) is 4.90 Å². The Labute approximate surface area is 119 Å². The normalized spacial score (nSPS) is 14.2. The van der Waals surface area contributed by atoms with Crippen molar-refractivity contribution in [3.63, 3.8) is 0 Å². The summed E-state index contributed by atoms with van der Waals surface area (Å²) in [5.41, 5.74) is 2.30. The highest BCUT2D eigenvalue weighted by Crippen LogP contribution is 2.29. The lowest BCUT2D eigenvalue weighted by atomic mass is 10.0. The highest BCUT2D eigenvalue weighted by Gasteiger charge is 2.53. The van der Waals surface area contributed by atoms with Gasteiger partial charge in [0, 0.05) is 25.3 Å². The summed E-state index contributed by atoms with van der Waals surface area (Å²) in [5, 5.41) is 2.07. The number of benzene rings is 1. The van der Waals surface area contributed by atoms with E-state index in [2.05, 4.69) is 5.32 Å². The van der Waals surface area contributed by atoms with Gasteiger partial charge in [-0.1, -0.05) is 6.07 Å². The van der Waals surface area contributed by atoms with E-state index in [9.17, 15) is 22.8 Å². The van der Waals surface area contributed by atoms with E-state index in [4.69, 9.17) is 5.73 Å². The minimum absolute atomic E-state index is 0.0635. The molecule has 0 saturated heterocycles. The Morgan fingerprint density at radius 1 is 1.24 bits per heavy atom. The number of alkyl halides is 3. The third-order valence-corrected chi connectivity index (χ3v) is 2.83. The Morgan fingerprint density at radius 2 is 1.81 bits per heavy atom. The molecular weight excluding hydrogens is 287 g/mol. The van der Waals surface area contributed by atoms with Gasteiger partial charge in [0.2, 0.25) is 0 Å². The molecule has 0 fully saturated rings. The van der Waals surface area contributed by atoms with Crippen molar-refractivity contribution >= 4 is 17.5 Å². The lowest BCUT2D eigenvalue weighted by Crippen LogP contribution is -2.59. The number of amides is 2. The van der Waals surface area contributed by atoms with E-state index in [1.54, 1.807) is 0 Å². The molecule has 2 amide bonds. The molecule has 116 valence electrons. The van der Waals surface area contributed by atoms with Crippen LogP contribution in [0.5, 0.6) is 0 Å². The van der Waals surface area contributed by atoms with E-state index in [-0.39, 0.29) is 17.2 Å². The van der Waals surface area contributed by atoms with Crippen LogP contribution in [0.2, 0.25) is 0 Å². The van der Waals surface area contributed by atoms with Crippen molar-refractivity contribution in [3.8, 4) is 0 Å². The Balaban J connectivity index is 2.97. The van der Waals surface area contributed by atoms with Gasteiger partial charge in [0.1, 0.15) is 0 Å². The molecule has 21 heavy (non-hydrogen) atoms. The van der Waals surface area contributed by atoms with Crippen LogP contribution < -0.4 is 11.1 Å². The first kappa shape index (κ1) is 17.0. The standard InChI is InChI=1S/C13H16F3N3O2/c1-12(17,13(14,15)16)11(21)18-9-6-4-5-8(7-9)10(20)19(2)3/h4-7H,17H2,1-3H3,(H,18,21). The molecule has 0 aromatic heterocycles. The molecule has 0 aliphatic carbocycles. The van der Waals surface area contributed by atoms with Crippen LogP contribution in [-0.4, -0.2) is 42.5 Å². The number of nitrogens with two attached hydrogens (primary N) is 1. The van der Waals surface area contributed by atoms with Gasteiger partial charge in [0.05, 0.1) is 0 Å². The molecule has 1 aromatic carbocycles. The van der Waals surface area contributed by atoms with Crippen molar-refractivity contribution in [2.75, 3.05) is 19.4 Å². The fourth-order valence-electron chi connectivity index (χ4n) is 1.38. The molecule has 1 aromatic rings. The average Bonchev–Trinajstić information content (AvgIpc) is 2.36. The number of nitrogens with one attached hydrogen (secondary N) is 1. The fourth-order valence-corrected chi connectivity index (χ4v) is 1.38. The van der Waals surface area contributed by atoms with Crippen LogP contribution in [-0.2, 0) is 4.79 Å². The zero-order valence-corrected chi connectivity index (χ0v) is 11.8. The van der Waals surface area contributed by atoms with Gasteiger partial charge in [0.25, 0.3) is 11.8 Å². The zero-order chi connectivity index (χ0) is 16.4. The first-order chi connectivity index (χ1) is 9.46. The van der Waals surface area contributed by atoms with Gasteiger partial charge in [-0.2, -0.15) is 13.2 Å². The summed E-state index contributed by atoms with van der Waals surface area (Å²) in [6.07, 6.45) is -4.88. The summed E-state index contributed by atoms with van der Waals surface area (Å²) in [7, 11) is 3.07. The molecule has 5 nitrogen and oxygen atoms in total. The van der Waals surface area contributed by atoms with Gasteiger partial charge in [-0.15, -0.1) is 0 Å². The van der Waals surface area contributed by atoms with Crippen LogP contribution in [0.3, 0.4) is 0 Å². The molecule has 0 heterocycles. The number of anilines is 1. The third-order valence-electron chi connectivity index (χ3n) is 2.83. The second kappa shape index (κ2) is 5.72. The van der Waals surface area contributed by atoms with Crippen molar-refractivity contribution in [1.29, 1.82) is 0 Å². The van der Waals surface area contributed by atoms with Gasteiger partial charge in [-0.3, -0.25) is 9.59 Å². The molecule has 0 spiro atoms. The summed E-state index contributed by atoms with van der Waals surface area (Å²) < 4.78 is 38.0. The van der Waals surface area contributed by atoms with Gasteiger partial charge >= 0.3 is 6.18 Å². The summed E-state index contributed by atoms with van der Waals surface area (Å²) in [6, 6.07) is 5.60. The topological polar surface area (TPSA) is 75.4 Å². The Kier molecular flexibility index (Phi) is 4.62. The van der Waals surface area contributed by atoms with Crippen LogP contribution in [0.1, 0.15) is 17.3 Å². The lowest BCUT2D eigenvalue weighted by Gasteiger charge is -2.26. The molecule has 0 saturated carbocycles. The molecule has 8 heteroatoms. The van der Waals surface area contributed by atoms with Crippen LogP contribution in [0.15, 0.2) is 24.3 Å². The van der Waals surface area contributed by atoms with Crippen LogP contribution in [0, 0.1) is 0 Å². The molecule has 0 radical (unpaired) electrons. The first-order valence-corrected chi connectivity index (χ1v) is 5.95. The van der Waals surface area contributed by atoms with E-state index in [0.717, 1.165) is 0 Å². The maximum atomic E-state index is 12.7. The largest absolute Gasteiger partial charge is 0.415 e. The minimum atomic E-state index is -4.88. The van der Waals surface area contributed by atoms with E-state index in [1.165, 1.54) is 43.3 Å². The second-order valence-corrected chi connectivity index (χ2v) is 4.93. The Morgan fingerprint density at radius 3 is 2.29 bits per heavy atom. The quantitative estimate of drug-likeness (QED) is 0.890. The summed E-state index contributed by atoms with van der Waals surface area (Å²) in [4.78, 5) is 24.7. The summed E-state index contributed by atoms with van der Waals surface area (Å²) in [6.45, 7) is 0.581. The number of carbonyl (C=O) groups is 2. The van der Waals surface area contributed by atoms with Gasteiger partial charge < -0.3 is 16.0 Å². The minimum Gasteiger partial charge on any atom is -0.345 e. The van der Waals surface area contributed by atoms with Crippen LogP contribution in [0.4, 0.5) is 18.9 Å². The van der Waals surface area contributed by atoms with Crippen molar-refractivity contribution in [2.45, 2.75) is 18.6 Å². The van der Waals surface area contributed by atoms with E-state index in [1.807, 2.05) is 0 Å². The second-order valence-electron chi connectivity index (χ2n) is 4.93. The van der Waals surface area contributed by atoms with Gasteiger partial charge in [-0.25, -0.2) is 0 Å². The highest BCUT2D eigenvalue weighted by molar-refractivity contribution is 6.00. The third kappa shape index (κ3) is 3.72. The predicted molar refractivity (Wildman–Crippen MR) is 71.7 cm³/mol. The van der Waals surface area contributed by atoms with Crippen molar-refractivity contribution in [3.05, 3.63) is 29.8 Å². The van der Waals surface area contributed by atoms with E-state index in [0.29, 0.717) is 6.92 Å². The molecule has 0 aliphatic rings. The number of halogens is 3. The number of rotatable bonds is 3. The zero-order valence-electron chi connectivity index (χ0n) is 11.8. The Hall–Kier alpha value is -2.09. The van der Waals surface area contributed by atoms with Crippen LogP contribution >= 0.6 is 0 Å². The average molecular weight is 303 g/mol. The number of carbonyl (C=O) groups excluding carboxylic acids is 2. The first-order valence-electron chi connectivity index (χ1n) is 5.95. The summed E-state index contributed by atoms with van der Waals surface area (Å²) >= 11 is 0. The molecular formula is C13H16F3N3O2. The van der Waals surface area contributed by atoms with Gasteiger partial charge in [0.15, 0.2) is 5.54 Å². The van der Waals surface area contributed by atoms with Crippen molar-refractivity contribution in [2.24, 2.45) is 5.73 Å².